The van der Waals surface area contributed by atoms with E-state index in [9.17, 15) is 13.6 Å². The summed E-state index contributed by atoms with van der Waals surface area (Å²) in [4.78, 5) is 13.3. The number of benzene rings is 1. The van der Waals surface area contributed by atoms with Gasteiger partial charge in [-0.3, -0.25) is 0 Å². The molecule has 0 saturated carbocycles. The molecule has 0 radical (unpaired) electrons. The number of ether oxygens (including phenoxy) is 1. The molecule has 1 rings (SSSR count). The number of halogens is 2. The molecule has 0 saturated heterocycles. The van der Waals surface area contributed by atoms with E-state index in [-0.39, 0.29) is 23.4 Å². The fraction of sp³-hybridized carbons (Fsp3) is 0.364. The molecule has 0 N–H and O–H groups in total. The number of alkyl halides is 2. The van der Waals surface area contributed by atoms with Crippen LogP contribution in [0, 0.1) is 0 Å². The number of nitrogens with zero attached hydrogens (tertiary/aromatic N) is 1. The summed E-state index contributed by atoms with van der Waals surface area (Å²) in [5, 5.41) is 0. The molecule has 0 bridgehead atoms. The molecule has 5 heteroatoms. The number of rotatable bonds is 4. The van der Waals surface area contributed by atoms with Crippen LogP contribution in [0.4, 0.5) is 8.78 Å². The number of aliphatic imine (C=N–C) groups is 1. The fourth-order valence-electron chi connectivity index (χ4n) is 1.49. The predicted molar refractivity (Wildman–Crippen MR) is 54.4 cm³/mol. The highest BCUT2D eigenvalue weighted by atomic mass is 19.3. The molecular formula is C11H11F2NO2. The van der Waals surface area contributed by atoms with E-state index in [1.165, 1.54) is 25.3 Å². The van der Waals surface area contributed by atoms with Crippen molar-refractivity contribution in [1.29, 1.82) is 0 Å². The van der Waals surface area contributed by atoms with Crippen LogP contribution in [0.2, 0.25) is 0 Å². The quantitative estimate of drug-likeness (QED) is 0.585. The van der Waals surface area contributed by atoms with E-state index in [0.717, 1.165) is 6.92 Å². The average molecular weight is 227 g/mol. The van der Waals surface area contributed by atoms with Crippen LogP contribution in [0.15, 0.2) is 23.2 Å². The maximum atomic E-state index is 13.4. The summed E-state index contributed by atoms with van der Waals surface area (Å²) in [6, 6.07) is 4.50. The van der Waals surface area contributed by atoms with Crippen molar-refractivity contribution in [3.05, 3.63) is 29.3 Å². The Kier molecular flexibility index (Phi) is 3.74. The molecule has 1 aromatic carbocycles. The molecule has 0 heterocycles. The standard InChI is InChI=1S/C11H11F2NO2/c1-11(12,13)10-8(6-14-7-15)4-3-5-9(10)16-2/h3-5H,6H2,1-2H3. The summed E-state index contributed by atoms with van der Waals surface area (Å²) in [5.41, 5.74) is 0.0201. The van der Waals surface area contributed by atoms with Crippen molar-refractivity contribution in [2.75, 3.05) is 7.11 Å². The topological polar surface area (TPSA) is 38.7 Å². The van der Waals surface area contributed by atoms with Crippen LogP contribution in [0.3, 0.4) is 0 Å². The Morgan fingerprint density at radius 3 is 2.69 bits per heavy atom. The first-order valence-electron chi connectivity index (χ1n) is 4.58. The zero-order chi connectivity index (χ0) is 12.2. The molecule has 0 atom stereocenters. The van der Waals surface area contributed by atoms with Gasteiger partial charge >= 0.3 is 0 Å². The maximum absolute atomic E-state index is 13.4. The first-order valence-corrected chi connectivity index (χ1v) is 4.58. The van der Waals surface area contributed by atoms with E-state index in [0.29, 0.717) is 0 Å². The van der Waals surface area contributed by atoms with Crippen molar-refractivity contribution in [2.45, 2.75) is 19.4 Å². The molecule has 1 aromatic rings. The molecule has 0 unspecified atom stereocenters. The number of carbonyl (C=O) groups excluding carboxylic acids is 1. The molecule has 0 aromatic heterocycles. The third kappa shape index (κ3) is 2.64. The van der Waals surface area contributed by atoms with Crippen LogP contribution in [0.25, 0.3) is 0 Å². The van der Waals surface area contributed by atoms with Crippen molar-refractivity contribution >= 4 is 6.08 Å². The summed E-state index contributed by atoms with van der Waals surface area (Å²) in [5.74, 6) is -2.95. The number of methoxy groups -OCH3 is 1. The van der Waals surface area contributed by atoms with Crippen molar-refractivity contribution < 1.29 is 18.3 Å². The van der Waals surface area contributed by atoms with Gasteiger partial charge in [-0.2, -0.15) is 0 Å². The second-order valence-corrected chi connectivity index (χ2v) is 3.29. The van der Waals surface area contributed by atoms with Gasteiger partial charge in [-0.1, -0.05) is 12.1 Å². The van der Waals surface area contributed by atoms with E-state index >= 15 is 0 Å². The zero-order valence-electron chi connectivity index (χ0n) is 8.96. The minimum atomic E-state index is -3.04. The Hall–Kier alpha value is -1.74. The lowest BCUT2D eigenvalue weighted by Crippen LogP contribution is -2.12. The van der Waals surface area contributed by atoms with Crippen LogP contribution in [0.1, 0.15) is 18.1 Å². The van der Waals surface area contributed by atoms with Crippen LogP contribution in [-0.4, -0.2) is 13.2 Å². The number of isocyanates is 1. The van der Waals surface area contributed by atoms with E-state index in [4.69, 9.17) is 4.74 Å². The van der Waals surface area contributed by atoms with Gasteiger partial charge in [0.1, 0.15) is 5.75 Å². The SMILES string of the molecule is COc1cccc(CN=C=O)c1C(C)(F)F. The molecule has 3 nitrogen and oxygen atoms in total. The van der Waals surface area contributed by atoms with Gasteiger partial charge in [-0.25, -0.2) is 18.6 Å². The summed E-state index contributed by atoms with van der Waals surface area (Å²) < 4.78 is 31.6. The molecule has 0 aliphatic carbocycles. The summed E-state index contributed by atoms with van der Waals surface area (Å²) in [7, 11) is 1.32. The maximum Gasteiger partial charge on any atom is 0.274 e. The van der Waals surface area contributed by atoms with Gasteiger partial charge in [0.05, 0.1) is 19.2 Å². The van der Waals surface area contributed by atoms with Crippen LogP contribution >= 0.6 is 0 Å². The normalized spacial score (nSPS) is 10.8. The van der Waals surface area contributed by atoms with E-state index in [2.05, 4.69) is 4.99 Å². The van der Waals surface area contributed by atoms with E-state index in [1.54, 1.807) is 6.07 Å². The highest BCUT2D eigenvalue weighted by molar-refractivity contribution is 5.44. The largest absolute Gasteiger partial charge is 0.496 e. The molecule has 0 fully saturated rings. The first-order chi connectivity index (χ1) is 7.50. The summed E-state index contributed by atoms with van der Waals surface area (Å²) >= 11 is 0. The van der Waals surface area contributed by atoms with Crippen molar-refractivity contribution in [3.8, 4) is 5.75 Å². The second-order valence-electron chi connectivity index (χ2n) is 3.29. The highest BCUT2D eigenvalue weighted by Crippen LogP contribution is 2.37. The third-order valence-corrected chi connectivity index (χ3v) is 2.09. The predicted octanol–water partition coefficient (Wildman–Crippen LogP) is 2.64. The third-order valence-electron chi connectivity index (χ3n) is 2.09. The minimum absolute atomic E-state index is 0.0890. The Balaban J connectivity index is 3.31. The minimum Gasteiger partial charge on any atom is -0.496 e. The molecule has 0 spiro atoms. The van der Waals surface area contributed by atoms with Gasteiger partial charge < -0.3 is 4.74 Å². The monoisotopic (exact) mass is 227 g/mol. The van der Waals surface area contributed by atoms with Crippen molar-refractivity contribution in [3.63, 3.8) is 0 Å². The molecule has 0 aliphatic rings. The van der Waals surface area contributed by atoms with Gasteiger partial charge in [-0.15, -0.1) is 0 Å². The lowest BCUT2D eigenvalue weighted by atomic mass is 10.0. The van der Waals surface area contributed by atoms with E-state index < -0.39 is 5.92 Å². The van der Waals surface area contributed by atoms with Crippen LogP contribution < -0.4 is 4.74 Å². The highest BCUT2D eigenvalue weighted by Gasteiger charge is 2.31. The Bertz CT molecular complexity index is 420. The molecule has 0 aliphatic heterocycles. The van der Waals surface area contributed by atoms with Gasteiger partial charge in [-0.05, 0) is 11.6 Å². The lowest BCUT2D eigenvalue weighted by molar-refractivity contribution is 0.0141. The first kappa shape index (κ1) is 12.3. The fourth-order valence-corrected chi connectivity index (χ4v) is 1.49. The molecular weight excluding hydrogens is 216 g/mol. The average Bonchev–Trinajstić information content (AvgIpc) is 2.24. The van der Waals surface area contributed by atoms with Gasteiger partial charge in [0.2, 0.25) is 6.08 Å². The molecule has 86 valence electrons. The number of hydrogen-bond acceptors (Lipinski definition) is 3. The second kappa shape index (κ2) is 4.86. The zero-order valence-corrected chi connectivity index (χ0v) is 8.96. The van der Waals surface area contributed by atoms with Gasteiger partial charge in [0.15, 0.2) is 0 Å². The van der Waals surface area contributed by atoms with E-state index in [1.807, 2.05) is 0 Å². The van der Waals surface area contributed by atoms with Crippen LogP contribution in [0.5, 0.6) is 5.75 Å². The van der Waals surface area contributed by atoms with Crippen molar-refractivity contribution in [1.82, 2.24) is 0 Å². The van der Waals surface area contributed by atoms with Crippen molar-refractivity contribution in [2.24, 2.45) is 4.99 Å². The lowest BCUT2D eigenvalue weighted by Gasteiger charge is -2.18. The Morgan fingerprint density at radius 2 is 2.19 bits per heavy atom. The van der Waals surface area contributed by atoms with Gasteiger partial charge in [0, 0.05) is 6.92 Å². The summed E-state index contributed by atoms with van der Waals surface area (Å²) in [6.07, 6.45) is 1.32. The smallest absolute Gasteiger partial charge is 0.274 e. The Morgan fingerprint density at radius 1 is 1.50 bits per heavy atom. The van der Waals surface area contributed by atoms with Crippen LogP contribution in [-0.2, 0) is 17.3 Å². The Labute approximate surface area is 91.8 Å². The van der Waals surface area contributed by atoms with Gasteiger partial charge in [0.25, 0.3) is 5.92 Å². The summed E-state index contributed by atoms with van der Waals surface area (Å²) in [6.45, 7) is 0.651. The molecule has 16 heavy (non-hydrogen) atoms. The number of hydrogen-bond donors (Lipinski definition) is 0. The molecule has 0 amide bonds.